The zero-order chi connectivity index (χ0) is 30.3. The third-order valence-electron chi connectivity index (χ3n) is 7.59. The molecule has 2 aromatic rings. The number of ether oxygens (including phenoxy) is 1. The number of benzene rings is 2. The number of ketones is 1. The van der Waals surface area contributed by atoms with Crippen molar-refractivity contribution in [3.8, 4) is 23.3 Å². The van der Waals surface area contributed by atoms with E-state index in [9.17, 15) is 28.5 Å². The Bertz CT molecular complexity index is 1590. The number of halogens is 2. The number of amides is 1. The predicted molar refractivity (Wildman–Crippen MR) is 145 cm³/mol. The van der Waals surface area contributed by atoms with Crippen LogP contribution in [-0.2, 0) is 25.8 Å². The van der Waals surface area contributed by atoms with E-state index in [1.54, 1.807) is 26.8 Å². The molecule has 1 aliphatic carbocycles. The van der Waals surface area contributed by atoms with Crippen molar-refractivity contribution in [2.45, 2.75) is 75.5 Å². The van der Waals surface area contributed by atoms with Gasteiger partial charge in [0, 0.05) is 24.3 Å². The van der Waals surface area contributed by atoms with Gasteiger partial charge in [-0.05, 0) is 75.6 Å². The van der Waals surface area contributed by atoms with Crippen LogP contribution in [0.25, 0.3) is 11.1 Å². The average molecular weight is 584 g/mol. The van der Waals surface area contributed by atoms with Gasteiger partial charge in [-0.2, -0.15) is 10.5 Å². The first-order valence-electron chi connectivity index (χ1n) is 13.3. The molecule has 41 heavy (non-hydrogen) atoms. The number of rotatable bonds is 7. The molecule has 4 atom stereocenters. The number of sulfone groups is 1. The van der Waals surface area contributed by atoms with E-state index in [4.69, 9.17) is 4.74 Å². The first-order chi connectivity index (χ1) is 19.1. The molecule has 1 saturated heterocycles. The molecule has 216 valence electrons. The first-order valence-corrected chi connectivity index (χ1v) is 15.2. The van der Waals surface area contributed by atoms with Gasteiger partial charge in [0.2, 0.25) is 0 Å². The first kappa shape index (κ1) is 30.1. The second-order valence-electron chi connectivity index (χ2n) is 11.8. The van der Waals surface area contributed by atoms with Gasteiger partial charge in [-0.3, -0.25) is 9.69 Å². The minimum atomic E-state index is -3.81. The molecular weight excluding hydrogens is 552 g/mol. The number of nitriles is 2. The summed E-state index contributed by atoms with van der Waals surface area (Å²) < 4.78 is 60.1. The summed E-state index contributed by atoms with van der Waals surface area (Å²) >= 11 is 0. The Morgan fingerprint density at radius 2 is 1.83 bits per heavy atom. The largest absolute Gasteiger partial charge is 0.444 e. The summed E-state index contributed by atoms with van der Waals surface area (Å²) in [5.41, 5.74) is -1.10. The molecule has 0 unspecified atom stereocenters. The molecule has 2 aromatic carbocycles. The van der Waals surface area contributed by atoms with E-state index in [0.717, 1.165) is 25.2 Å². The lowest BCUT2D eigenvalue weighted by Crippen LogP contribution is -2.51. The lowest BCUT2D eigenvalue weighted by Gasteiger charge is -2.35. The van der Waals surface area contributed by atoms with Crippen molar-refractivity contribution in [1.82, 2.24) is 4.90 Å². The van der Waals surface area contributed by atoms with Crippen LogP contribution in [0.2, 0.25) is 0 Å². The van der Waals surface area contributed by atoms with E-state index in [-0.39, 0.29) is 57.7 Å². The SMILES string of the molecule is CC(C)(C)OC(=O)N1[C@@H]2CC[C@@H](C2)[C@H]1C(=O)C[C@H](C#N)Cc1ccc(-c2ccc(C#N)c(S(C)(=O)=O)c2)c(F)c1F. The third-order valence-corrected chi connectivity index (χ3v) is 8.73. The van der Waals surface area contributed by atoms with Gasteiger partial charge in [-0.1, -0.05) is 18.2 Å². The van der Waals surface area contributed by atoms with Gasteiger partial charge in [-0.25, -0.2) is 22.0 Å². The Kier molecular flexibility index (Phi) is 8.24. The Morgan fingerprint density at radius 1 is 1.12 bits per heavy atom. The maximum atomic E-state index is 15.2. The lowest BCUT2D eigenvalue weighted by molar-refractivity contribution is -0.126. The van der Waals surface area contributed by atoms with E-state index in [1.165, 1.54) is 29.2 Å². The number of hydrogen-bond donors (Lipinski definition) is 0. The van der Waals surface area contributed by atoms with Crippen LogP contribution in [0, 0.1) is 46.1 Å². The molecule has 2 bridgehead atoms. The standard InChI is InChI=1S/C30H31F2N3O5S/c1-30(2,3)40-29(37)35-22-9-7-20(13-22)28(35)24(36)12-17(15-33)11-19-8-10-23(27(32)26(19)31)18-5-6-21(16-34)25(14-18)41(4,38)39/h5-6,8,10,14,17,20,22,28H,7,9,11-13H2,1-4H3/t17-,20+,22-,28+/m1/s1. The van der Waals surface area contributed by atoms with Crippen molar-refractivity contribution < 1.29 is 31.5 Å². The molecule has 4 rings (SSSR count). The molecule has 1 amide bonds. The van der Waals surface area contributed by atoms with E-state index in [0.29, 0.717) is 6.42 Å². The predicted octanol–water partition coefficient (Wildman–Crippen LogP) is 5.34. The average Bonchev–Trinajstić information content (AvgIpc) is 3.51. The number of Topliss-reactive ketones (excluding diaryl/α,β-unsaturated/α-hetero) is 1. The summed E-state index contributed by atoms with van der Waals surface area (Å²) in [7, 11) is -3.81. The van der Waals surface area contributed by atoms with Crippen LogP contribution >= 0.6 is 0 Å². The van der Waals surface area contributed by atoms with Crippen LogP contribution in [0.15, 0.2) is 35.2 Å². The molecule has 1 heterocycles. The van der Waals surface area contributed by atoms with Crippen LogP contribution in [0.5, 0.6) is 0 Å². The van der Waals surface area contributed by atoms with Crippen LogP contribution in [0.3, 0.4) is 0 Å². The van der Waals surface area contributed by atoms with Crippen LogP contribution in [0.4, 0.5) is 13.6 Å². The number of nitrogens with zero attached hydrogens (tertiary/aromatic N) is 3. The zero-order valence-corrected chi connectivity index (χ0v) is 24.1. The highest BCUT2D eigenvalue weighted by atomic mass is 32.2. The minimum Gasteiger partial charge on any atom is -0.444 e. The van der Waals surface area contributed by atoms with Gasteiger partial charge in [0.15, 0.2) is 27.3 Å². The highest BCUT2D eigenvalue weighted by Crippen LogP contribution is 2.44. The van der Waals surface area contributed by atoms with Crippen LogP contribution in [-0.4, -0.2) is 49.1 Å². The van der Waals surface area contributed by atoms with Crippen molar-refractivity contribution >= 4 is 21.7 Å². The second kappa shape index (κ2) is 11.2. The topological polar surface area (TPSA) is 128 Å². The fraction of sp³-hybridized carbons (Fsp3) is 0.467. The molecule has 0 N–H and O–H groups in total. The Hall–Kier alpha value is -3.83. The van der Waals surface area contributed by atoms with Crippen molar-refractivity contribution in [1.29, 1.82) is 10.5 Å². The third kappa shape index (κ3) is 6.25. The zero-order valence-electron chi connectivity index (χ0n) is 23.3. The molecule has 0 radical (unpaired) electrons. The summed E-state index contributed by atoms with van der Waals surface area (Å²) in [6, 6.07) is 9.22. The van der Waals surface area contributed by atoms with E-state index in [2.05, 4.69) is 0 Å². The molecule has 0 spiro atoms. The van der Waals surface area contributed by atoms with Gasteiger partial charge < -0.3 is 4.74 Å². The number of carbonyl (C=O) groups excluding carboxylic acids is 2. The molecule has 11 heteroatoms. The van der Waals surface area contributed by atoms with Gasteiger partial charge in [0.1, 0.15) is 11.7 Å². The van der Waals surface area contributed by atoms with E-state index >= 15 is 8.78 Å². The summed E-state index contributed by atoms with van der Waals surface area (Å²) in [6.07, 6.45) is 2.12. The van der Waals surface area contributed by atoms with Gasteiger partial charge >= 0.3 is 6.09 Å². The van der Waals surface area contributed by atoms with Crippen LogP contribution < -0.4 is 0 Å². The number of carbonyl (C=O) groups is 2. The van der Waals surface area contributed by atoms with E-state index in [1.807, 2.05) is 6.07 Å². The van der Waals surface area contributed by atoms with Gasteiger partial charge in [-0.15, -0.1) is 0 Å². The number of hydrogen-bond acceptors (Lipinski definition) is 7. The highest BCUT2D eigenvalue weighted by Gasteiger charge is 2.52. The molecule has 0 aromatic heterocycles. The van der Waals surface area contributed by atoms with Gasteiger partial charge in [0.05, 0.1) is 28.5 Å². The fourth-order valence-electron chi connectivity index (χ4n) is 5.83. The second-order valence-corrected chi connectivity index (χ2v) is 13.7. The van der Waals surface area contributed by atoms with E-state index < -0.39 is 45.1 Å². The molecule has 2 fully saturated rings. The lowest BCUT2D eigenvalue weighted by atomic mass is 9.87. The minimum absolute atomic E-state index is 0.0305. The molecule has 1 saturated carbocycles. The number of piperidine rings is 1. The summed E-state index contributed by atoms with van der Waals surface area (Å²) in [5, 5.41) is 19.0. The van der Waals surface area contributed by atoms with Crippen molar-refractivity contribution in [3.05, 3.63) is 53.1 Å². The maximum Gasteiger partial charge on any atom is 0.411 e. The number of likely N-dealkylation sites (tertiary alicyclic amines) is 1. The molecule has 1 aliphatic heterocycles. The Morgan fingerprint density at radius 3 is 2.44 bits per heavy atom. The van der Waals surface area contributed by atoms with Crippen molar-refractivity contribution in [3.63, 3.8) is 0 Å². The Balaban J connectivity index is 1.54. The summed E-state index contributed by atoms with van der Waals surface area (Å²) in [4.78, 5) is 27.5. The van der Waals surface area contributed by atoms with Crippen molar-refractivity contribution in [2.75, 3.05) is 6.26 Å². The quantitative estimate of drug-likeness (QED) is 0.431. The number of fused-ring (bicyclic) bond motifs is 2. The normalized spacial score (nSPS) is 20.8. The van der Waals surface area contributed by atoms with Crippen LogP contribution in [0.1, 0.15) is 57.6 Å². The van der Waals surface area contributed by atoms with Gasteiger partial charge in [0.25, 0.3) is 0 Å². The molecule has 8 nitrogen and oxygen atoms in total. The maximum absolute atomic E-state index is 15.2. The Labute approximate surface area is 238 Å². The fourth-order valence-corrected chi connectivity index (χ4v) is 6.69. The molecule has 2 aliphatic rings. The summed E-state index contributed by atoms with van der Waals surface area (Å²) in [6.45, 7) is 5.23. The van der Waals surface area contributed by atoms with Crippen molar-refractivity contribution in [2.24, 2.45) is 11.8 Å². The highest BCUT2D eigenvalue weighted by molar-refractivity contribution is 7.90. The molecular formula is C30H31F2N3O5S. The smallest absolute Gasteiger partial charge is 0.411 e. The monoisotopic (exact) mass is 583 g/mol. The summed E-state index contributed by atoms with van der Waals surface area (Å²) in [5.74, 6) is -3.75.